The quantitative estimate of drug-likeness (QED) is 0.834. The highest BCUT2D eigenvalue weighted by Crippen LogP contribution is 2.24. The molecule has 1 N–H and O–H groups in total. The van der Waals surface area contributed by atoms with E-state index >= 15 is 0 Å². The molecule has 0 amide bonds. The second-order valence-corrected chi connectivity index (χ2v) is 5.40. The molecule has 0 saturated carbocycles. The number of aryl methyl sites for hydroxylation is 1. The summed E-state index contributed by atoms with van der Waals surface area (Å²) >= 11 is 0. The SMILES string of the molecule is Cc1ccc([B]OC(C)(C)C(C)(C)O)c(F)c1F. The van der Waals surface area contributed by atoms with E-state index in [1.54, 1.807) is 27.7 Å². The van der Waals surface area contributed by atoms with Crippen LogP contribution in [-0.4, -0.2) is 23.8 Å². The highest BCUT2D eigenvalue weighted by atomic mass is 19.2. The Labute approximate surface area is 107 Å². The molecular weight excluding hydrogens is 237 g/mol. The maximum Gasteiger partial charge on any atom is 0.334 e. The van der Waals surface area contributed by atoms with Crippen LogP contribution in [0.4, 0.5) is 8.78 Å². The second-order valence-electron chi connectivity index (χ2n) is 5.40. The summed E-state index contributed by atoms with van der Waals surface area (Å²) in [5.41, 5.74) is -1.76. The Balaban J connectivity index is 2.85. The van der Waals surface area contributed by atoms with Crippen LogP contribution >= 0.6 is 0 Å². The molecule has 0 aliphatic carbocycles. The van der Waals surface area contributed by atoms with Crippen molar-refractivity contribution in [2.75, 3.05) is 0 Å². The van der Waals surface area contributed by atoms with Crippen molar-refractivity contribution in [1.82, 2.24) is 0 Å². The molecule has 0 unspecified atom stereocenters. The minimum Gasteiger partial charge on any atom is -0.427 e. The second kappa shape index (κ2) is 4.98. The molecule has 0 fully saturated rings. The number of hydrogen-bond acceptors (Lipinski definition) is 2. The van der Waals surface area contributed by atoms with E-state index in [9.17, 15) is 13.9 Å². The smallest absolute Gasteiger partial charge is 0.334 e. The first kappa shape index (κ1) is 15.1. The van der Waals surface area contributed by atoms with Crippen molar-refractivity contribution in [3.8, 4) is 0 Å². The van der Waals surface area contributed by atoms with Crippen molar-refractivity contribution in [2.45, 2.75) is 45.8 Å². The fourth-order valence-corrected chi connectivity index (χ4v) is 1.11. The minimum absolute atomic E-state index is 0.0235. The molecule has 0 bridgehead atoms. The minimum atomic E-state index is -1.11. The zero-order chi connectivity index (χ0) is 14.1. The zero-order valence-electron chi connectivity index (χ0n) is 11.3. The summed E-state index contributed by atoms with van der Waals surface area (Å²) in [6, 6.07) is 2.92. The zero-order valence-corrected chi connectivity index (χ0v) is 11.3. The van der Waals surface area contributed by atoms with Crippen molar-refractivity contribution in [3.63, 3.8) is 0 Å². The molecule has 0 aliphatic heterocycles. The number of halogens is 2. The first-order valence-electron chi connectivity index (χ1n) is 5.74. The van der Waals surface area contributed by atoms with Crippen LogP contribution < -0.4 is 5.46 Å². The number of hydrogen-bond donors (Lipinski definition) is 1. The van der Waals surface area contributed by atoms with Gasteiger partial charge in [0.05, 0.1) is 11.2 Å². The molecule has 1 radical (unpaired) electrons. The summed E-state index contributed by atoms with van der Waals surface area (Å²) in [5.74, 6) is -1.82. The van der Waals surface area contributed by atoms with Crippen LogP contribution in [0.2, 0.25) is 0 Å². The first-order valence-corrected chi connectivity index (χ1v) is 5.74. The van der Waals surface area contributed by atoms with Crippen molar-refractivity contribution in [3.05, 3.63) is 29.3 Å². The monoisotopic (exact) mass is 255 g/mol. The molecule has 99 valence electrons. The van der Waals surface area contributed by atoms with E-state index in [1.807, 2.05) is 0 Å². The molecule has 18 heavy (non-hydrogen) atoms. The molecule has 0 aliphatic rings. The number of rotatable bonds is 4. The third kappa shape index (κ3) is 3.09. The standard InChI is InChI=1S/C13H18BF2O2/c1-8-6-7-9(11(16)10(8)15)14-18-13(4,5)12(2,3)17/h6-7,17H,1-5H3. The van der Waals surface area contributed by atoms with E-state index in [4.69, 9.17) is 4.65 Å². The van der Waals surface area contributed by atoms with Gasteiger partial charge in [0, 0.05) is 0 Å². The van der Waals surface area contributed by atoms with E-state index in [0.29, 0.717) is 0 Å². The van der Waals surface area contributed by atoms with Crippen LogP contribution in [0.25, 0.3) is 0 Å². The lowest BCUT2D eigenvalue weighted by atomic mass is 9.82. The van der Waals surface area contributed by atoms with Crippen LogP contribution in [0.15, 0.2) is 12.1 Å². The normalized spacial score (nSPS) is 12.7. The Bertz CT molecular complexity index is 439. The lowest BCUT2D eigenvalue weighted by molar-refractivity contribution is -0.0893. The van der Waals surface area contributed by atoms with Crippen molar-refractivity contribution >= 4 is 12.9 Å². The van der Waals surface area contributed by atoms with E-state index in [2.05, 4.69) is 0 Å². The van der Waals surface area contributed by atoms with Gasteiger partial charge in [0.25, 0.3) is 0 Å². The Morgan fingerprint density at radius 2 is 1.67 bits per heavy atom. The largest absolute Gasteiger partial charge is 0.427 e. The van der Waals surface area contributed by atoms with Gasteiger partial charge in [0.15, 0.2) is 11.6 Å². The summed E-state index contributed by atoms with van der Waals surface area (Å²) in [4.78, 5) is 0. The Morgan fingerprint density at radius 1 is 1.11 bits per heavy atom. The summed E-state index contributed by atoms with van der Waals surface area (Å²) < 4.78 is 32.3. The molecule has 1 rings (SSSR count). The molecule has 5 heteroatoms. The lowest BCUT2D eigenvalue weighted by Crippen LogP contribution is -2.49. The van der Waals surface area contributed by atoms with E-state index in [1.165, 1.54) is 19.1 Å². The van der Waals surface area contributed by atoms with Gasteiger partial charge in [-0.1, -0.05) is 12.1 Å². The van der Waals surface area contributed by atoms with Crippen molar-refractivity contribution < 1.29 is 18.5 Å². The predicted molar refractivity (Wildman–Crippen MR) is 67.9 cm³/mol. The van der Waals surface area contributed by atoms with Gasteiger partial charge in [-0.3, -0.25) is 0 Å². The Kier molecular flexibility index (Phi) is 4.18. The Hall–Kier alpha value is -0.935. The maximum atomic E-state index is 13.6. The fourth-order valence-electron chi connectivity index (χ4n) is 1.11. The van der Waals surface area contributed by atoms with E-state index in [-0.39, 0.29) is 11.0 Å². The summed E-state index contributed by atoms with van der Waals surface area (Å²) in [6.07, 6.45) is 0. The first-order chi connectivity index (χ1) is 8.06. The van der Waals surface area contributed by atoms with Crippen LogP contribution in [0.1, 0.15) is 33.3 Å². The molecule has 0 aromatic heterocycles. The van der Waals surface area contributed by atoms with Crippen LogP contribution in [0, 0.1) is 18.6 Å². The van der Waals surface area contributed by atoms with Gasteiger partial charge in [0.1, 0.15) is 0 Å². The third-order valence-corrected chi connectivity index (χ3v) is 3.26. The van der Waals surface area contributed by atoms with Crippen molar-refractivity contribution in [2.24, 2.45) is 0 Å². The van der Waals surface area contributed by atoms with Crippen LogP contribution in [-0.2, 0) is 4.65 Å². The highest BCUT2D eigenvalue weighted by molar-refractivity contribution is 6.47. The maximum absolute atomic E-state index is 13.6. The Morgan fingerprint density at radius 3 is 2.17 bits per heavy atom. The molecule has 0 spiro atoms. The summed E-state index contributed by atoms with van der Waals surface area (Å²) in [6.45, 7) is 8.02. The van der Waals surface area contributed by atoms with E-state index < -0.39 is 22.8 Å². The number of benzene rings is 1. The molecule has 0 heterocycles. The van der Waals surface area contributed by atoms with Gasteiger partial charge in [-0.05, 0) is 45.6 Å². The average molecular weight is 255 g/mol. The van der Waals surface area contributed by atoms with Gasteiger partial charge in [-0.25, -0.2) is 8.78 Å². The van der Waals surface area contributed by atoms with Crippen LogP contribution in [0.3, 0.4) is 0 Å². The lowest BCUT2D eigenvalue weighted by Gasteiger charge is -2.37. The molecule has 0 saturated heterocycles. The molecular formula is C13H18BF2O2. The number of aliphatic hydroxyl groups is 1. The summed E-state index contributed by atoms with van der Waals surface area (Å²) in [5, 5.41) is 9.88. The molecule has 1 aromatic carbocycles. The van der Waals surface area contributed by atoms with E-state index in [0.717, 1.165) is 7.48 Å². The van der Waals surface area contributed by atoms with Gasteiger partial charge in [0.2, 0.25) is 0 Å². The average Bonchev–Trinajstić information content (AvgIpc) is 2.23. The fraction of sp³-hybridized carbons (Fsp3) is 0.538. The van der Waals surface area contributed by atoms with Gasteiger partial charge >= 0.3 is 7.48 Å². The molecule has 0 atom stereocenters. The van der Waals surface area contributed by atoms with Gasteiger partial charge in [-0.2, -0.15) is 0 Å². The van der Waals surface area contributed by atoms with Crippen LogP contribution in [0.5, 0.6) is 0 Å². The molecule has 2 nitrogen and oxygen atoms in total. The summed E-state index contributed by atoms with van der Waals surface area (Å²) in [7, 11) is 1.13. The van der Waals surface area contributed by atoms with Gasteiger partial charge in [-0.15, -0.1) is 0 Å². The topological polar surface area (TPSA) is 29.5 Å². The van der Waals surface area contributed by atoms with Crippen molar-refractivity contribution in [1.29, 1.82) is 0 Å². The predicted octanol–water partition coefficient (Wildman–Crippen LogP) is 2.08. The highest BCUT2D eigenvalue weighted by Gasteiger charge is 2.36. The van der Waals surface area contributed by atoms with Gasteiger partial charge < -0.3 is 9.76 Å². The molecule has 1 aromatic rings. The third-order valence-electron chi connectivity index (χ3n) is 3.26.